The molecule has 0 aromatic heterocycles. The first-order chi connectivity index (χ1) is 3.63. The van der Waals surface area contributed by atoms with E-state index in [1.165, 1.54) is 0 Å². The quantitative estimate of drug-likeness (QED) is 0.488. The number of aliphatic carboxylic acids is 2. The molecule has 0 bridgehead atoms. The van der Waals surface area contributed by atoms with Crippen molar-refractivity contribution in [2.24, 2.45) is 0 Å². The maximum absolute atomic E-state index is 9.55. The van der Waals surface area contributed by atoms with E-state index in [2.05, 4.69) is 0 Å². The molecule has 6 heteroatoms. The van der Waals surface area contributed by atoms with Crippen molar-refractivity contribution >= 4 is 63.3 Å². The molecule has 50 valence electrons. The molecule has 0 unspecified atom stereocenters. The van der Waals surface area contributed by atoms with Gasteiger partial charge in [0.2, 0.25) is 0 Å². The molecule has 0 aromatic rings. The van der Waals surface area contributed by atoms with Crippen LogP contribution in [0.2, 0.25) is 0 Å². The van der Waals surface area contributed by atoms with Gasteiger partial charge in [-0.3, -0.25) is 0 Å². The molecule has 4 nitrogen and oxygen atoms in total. The van der Waals surface area contributed by atoms with E-state index in [1.807, 2.05) is 0 Å². The molecule has 0 saturated heterocycles. The standard InChI is InChI=1S/C4H4O4.K.Zr.H/c5-3(6)1-2-4(7)8;;;/h1-2H,(H,5,6)(H,7,8);;;. The Morgan fingerprint density at radius 1 is 1.00 bits per heavy atom. The summed E-state index contributed by atoms with van der Waals surface area (Å²) in [6.07, 6.45) is 1.12. The Morgan fingerprint density at radius 3 is 1.30 bits per heavy atom. The van der Waals surface area contributed by atoms with Gasteiger partial charge >= 0.3 is 63.3 Å². The third kappa shape index (κ3) is 16.1. The topological polar surface area (TPSA) is 74.6 Å². The van der Waals surface area contributed by atoms with E-state index in [4.69, 9.17) is 10.2 Å². The third-order valence-corrected chi connectivity index (χ3v) is 0.368. The normalized spacial score (nSPS) is 7.60. The third-order valence-electron chi connectivity index (χ3n) is 0.368. The predicted molar refractivity (Wildman–Crippen MR) is 31.6 cm³/mol. The van der Waals surface area contributed by atoms with Crippen molar-refractivity contribution in [2.75, 3.05) is 0 Å². The second kappa shape index (κ2) is 10.2. The summed E-state index contributed by atoms with van der Waals surface area (Å²) in [6, 6.07) is 0. The Bertz CT molecular complexity index is 128. The molecule has 0 amide bonds. The average Bonchev–Trinajstić information content (AvgIpc) is 1.61. The molecule has 0 aliphatic rings. The maximum Gasteiger partial charge on any atom is 0 e. The van der Waals surface area contributed by atoms with Gasteiger partial charge in [-0.1, -0.05) is 0 Å². The summed E-state index contributed by atoms with van der Waals surface area (Å²) in [7, 11) is 0. The van der Waals surface area contributed by atoms with Gasteiger partial charge in [0.15, 0.2) is 0 Å². The molecule has 0 saturated carbocycles. The van der Waals surface area contributed by atoms with Gasteiger partial charge < -0.3 is 10.2 Å². The Hall–Kier alpha value is 1.20. The minimum atomic E-state index is -1.26. The predicted octanol–water partition coefficient (Wildman–Crippen LogP) is -0.939. The van der Waals surface area contributed by atoms with E-state index in [1.54, 1.807) is 0 Å². The Morgan fingerprint density at radius 2 is 1.20 bits per heavy atom. The van der Waals surface area contributed by atoms with Gasteiger partial charge in [-0.25, -0.2) is 9.59 Å². The van der Waals surface area contributed by atoms with E-state index < -0.39 is 11.9 Å². The van der Waals surface area contributed by atoms with Crippen LogP contribution in [0.1, 0.15) is 0 Å². The number of rotatable bonds is 2. The zero-order valence-corrected chi connectivity index (χ0v) is 6.82. The number of hydrogen-bond donors (Lipinski definition) is 2. The maximum atomic E-state index is 9.55. The first-order valence-corrected chi connectivity index (χ1v) is 1.77. The van der Waals surface area contributed by atoms with E-state index in [0.717, 1.165) is 0 Å². The summed E-state index contributed by atoms with van der Waals surface area (Å²) < 4.78 is 0. The van der Waals surface area contributed by atoms with Crippen LogP contribution in [0.4, 0.5) is 0 Å². The van der Waals surface area contributed by atoms with Gasteiger partial charge in [0.05, 0.1) is 0 Å². The van der Waals surface area contributed by atoms with Crippen LogP contribution in [0, 0.1) is 0 Å². The van der Waals surface area contributed by atoms with Crippen LogP contribution >= 0.6 is 0 Å². The molecule has 10 heavy (non-hydrogen) atoms. The monoisotopic (exact) mass is 246 g/mol. The molecule has 0 aliphatic heterocycles. The fourth-order valence-corrected chi connectivity index (χ4v) is 0.143. The minimum absolute atomic E-state index is 0. The molecule has 0 spiro atoms. The molecule has 0 aliphatic carbocycles. The summed E-state index contributed by atoms with van der Waals surface area (Å²) in [5.74, 6) is -2.51. The van der Waals surface area contributed by atoms with Gasteiger partial charge in [0, 0.05) is 38.4 Å². The number of carboxylic acids is 2. The minimum Gasteiger partial charge on any atom is 0 e. The van der Waals surface area contributed by atoms with Gasteiger partial charge in [0.25, 0.3) is 0 Å². The van der Waals surface area contributed by atoms with Gasteiger partial charge in [-0.05, 0) is 0 Å². The van der Waals surface area contributed by atoms with E-state index in [-0.39, 0.29) is 77.6 Å². The molecule has 2 N–H and O–H groups in total. The van der Waals surface area contributed by atoms with Crippen LogP contribution in [0.25, 0.3) is 0 Å². The fourth-order valence-electron chi connectivity index (χ4n) is 0.143. The average molecular weight is 247 g/mol. The molecule has 0 aromatic carbocycles. The zero-order valence-electron chi connectivity index (χ0n) is 4.37. The van der Waals surface area contributed by atoms with Crippen molar-refractivity contribution in [3.63, 3.8) is 0 Å². The van der Waals surface area contributed by atoms with Gasteiger partial charge in [0.1, 0.15) is 0 Å². The Balaban J connectivity index is -0.000000245. The molecule has 0 atom stereocenters. The second-order valence-electron chi connectivity index (χ2n) is 1.01. The molecule has 0 rings (SSSR count). The molecular weight excluding hydrogens is 242 g/mol. The SMILES string of the molecule is O=C(O)C=CC(=O)O.[KH].[Zr]. The molecule has 0 fully saturated rings. The van der Waals surface area contributed by atoms with E-state index in [9.17, 15) is 9.59 Å². The smallest absolute Gasteiger partial charge is 0 e. The largest absolute Gasteiger partial charge is 0 e. The van der Waals surface area contributed by atoms with Crippen LogP contribution < -0.4 is 0 Å². The summed E-state index contributed by atoms with van der Waals surface area (Å²) in [4.78, 5) is 19.1. The van der Waals surface area contributed by atoms with E-state index in [0.29, 0.717) is 12.2 Å². The van der Waals surface area contributed by atoms with Crippen LogP contribution in [-0.2, 0) is 35.8 Å². The van der Waals surface area contributed by atoms with Crippen molar-refractivity contribution in [1.82, 2.24) is 0 Å². The van der Waals surface area contributed by atoms with Crippen molar-refractivity contribution in [3.05, 3.63) is 12.2 Å². The van der Waals surface area contributed by atoms with E-state index >= 15 is 0 Å². The number of carboxylic acid groups (broad SMARTS) is 2. The number of carbonyl (C=O) groups is 2. The van der Waals surface area contributed by atoms with Crippen LogP contribution in [0.15, 0.2) is 12.2 Å². The van der Waals surface area contributed by atoms with Crippen molar-refractivity contribution in [3.8, 4) is 0 Å². The zero-order chi connectivity index (χ0) is 6.57. The summed E-state index contributed by atoms with van der Waals surface area (Å²) in [6.45, 7) is 0. The van der Waals surface area contributed by atoms with Crippen LogP contribution in [-0.4, -0.2) is 73.5 Å². The second-order valence-corrected chi connectivity index (χ2v) is 1.01. The Kier molecular flexibility index (Phi) is 17.7. The van der Waals surface area contributed by atoms with Gasteiger partial charge in [-0.15, -0.1) is 0 Å². The van der Waals surface area contributed by atoms with Crippen molar-refractivity contribution in [1.29, 1.82) is 0 Å². The van der Waals surface area contributed by atoms with Crippen molar-refractivity contribution in [2.45, 2.75) is 0 Å². The molecule has 0 radical (unpaired) electrons. The summed E-state index contributed by atoms with van der Waals surface area (Å²) in [5, 5.41) is 15.6. The van der Waals surface area contributed by atoms with Gasteiger partial charge in [-0.2, -0.15) is 0 Å². The first kappa shape index (κ1) is 17.3. The summed E-state index contributed by atoms with van der Waals surface area (Å²) in [5.41, 5.74) is 0. The van der Waals surface area contributed by atoms with Crippen LogP contribution in [0.5, 0.6) is 0 Å². The number of hydrogen-bond acceptors (Lipinski definition) is 2. The molecular formula is C4H5KO4Zr. The summed E-state index contributed by atoms with van der Waals surface area (Å²) >= 11 is 0. The molecule has 0 heterocycles. The fraction of sp³-hybridized carbons (Fsp3) is 0. The van der Waals surface area contributed by atoms with Crippen LogP contribution in [0.3, 0.4) is 0 Å². The van der Waals surface area contributed by atoms with Crippen molar-refractivity contribution < 1.29 is 46.0 Å². The first-order valence-electron chi connectivity index (χ1n) is 1.77. The Labute approximate surface area is 119 Å².